The molecule has 0 spiro atoms. The third kappa shape index (κ3) is 1.02. The predicted octanol–water partition coefficient (Wildman–Crippen LogP) is 2.65. The van der Waals surface area contributed by atoms with E-state index in [4.69, 9.17) is 0 Å². The second kappa shape index (κ2) is 2.59. The molecule has 0 aromatic heterocycles. The lowest BCUT2D eigenvalue weighted by molar-refractivity contribution is -0.127. The number of fused-ring (bicyclic) bond motifs is 5. The first-order valence-electron chi connectivity index (χ1n) is 5.78. The average molecular weight is 178 g/mol. The summed E-state index contributed by atoms with van der Waals surface area (Å²) >= 11 is 0. The fraction of sp³-hybridized carbons (Fsp3) is 0.917. The van der Waals surface area contributed by atoms with Crippen LogP contribution in [0.1, 0.15) is 39.0 Å². The van der Waals surface area contributed by atoms with Gasteiger partial charge in [-0.05, 0) is 49.4 Å². The molecular formula is C12H18O. The first-order chi connectivity index (χ1) is 6.25. The molecule has 3 saturated carbocycles. The van der Waals surface area contributed by atoms with Crippen LogP contribution in [0.4, 0.5) is 0 Å². The van der Waals surface area contributed by atoms with Crippen LogP contribution < -0.4 is 0 Å². The topological polar surface area (TPSA) is 17.1 Å². The van der Waals surface area contributed by atoms with Crippen molar-refractivity contribution in [2.45, 2.75) is 39.0 Å². The lowest BCUT2D eigenvalue weighted by Crippen LogP contribution is -2.34. The fourth-order valence-electron chi connectivity index (χ4n) is 4.19. The molecule has 3 fully saturated rings. The maximum atomic E-state index is 11.6. The molecule has 0 N–H and O–H groups in total. The van der Waals surface area contributed by atoms with Crippen LogP contribution in [-0.2, 0) is 4.79 Å². The van der Waals surface area contributed by atoms with Gasteiger partial charge in [-0.25, -0.2) is 0 Å². The summed E-state index contributed by atoms with van der Waals surface area (Å²) in [5, 5.41) is 0. The van der Waals surface area contributed by atoms with Crippen molar-refractivity contribution < 1.29 is 4.79 Å². The number of Topliss-reactive ketones (excluding diaryl/α,β-unsaturated/α-hetero) is 1. The average Bonchev–Trinajstić information content (AvgIpc) is 2.67. The SMILES string of the molecule is C[C@H]1C[C@@H]2[C@@H]3CC[C@@H](C3)[C@@H]2CC1=O. The minimum Gasteiger partial charge on any atom is -0.299 e. The van der Waals surface area contributed by atoms with Gasteiger partial charge in [-0.15, -0.1) is 0 Å². The molecule has 0 aromatic carbocycles. The van der Waals surface area contributed by atoms with Crippen LogP contribution in [0.3, 0.4) is 0 Å². The molecule has 5 atom stereocenters. The number of hydrogen-bond donors (Lipinski definition) is 0. The van der Waals surface area contributed by atoms with Crippen molar-refractivity contribution in [3.63, 3.8) is 0 Å². The molecule has 0 aromatic rings. The lowest BCUT2D eigenvalue weighted by Gasteiger charge is -2.36. The van der Waals surface area contributed by atoms with Crippen LogP contribution in [0.25, 0.3) is 0 Å². The molecule has 0 heterocycles. The minimum absolute atomic E-state index is 0.376. The van der Waals surface area contributed by atoms with Crippen LogP contribution in [0, 0.1) is 29.6 Å². The van der Waals surface area contributed by atoms with Crippen LogP contribution in [0.15, 0.2) is 0 Å². The van der Waals surface area contributed by atoms with Crippen LogP contribution in [0.2, 0.25) is 0 Å². The maximum Gasteiger partial charge on any atom is 0.136 e. The third-order valence-corrected chi connectivity index (χ3v) is 4.89. The van der Waals surface area contributed by atoms with E-state index in [0.29, 0.717) is 11.7 Å². The summed E-state index contributed by atoms with van der Waals surface area (Å²) in [4.78, 5) is 11.6. The smallest absolute Gasteiger partial charge is 0.136 e. The molecule has 0 amide bonds. The zero-order valence-corrected chi connectivity index (χ0v) is 8.33. The largest absolute Gasteiger partial charge is 0.299 e. The highest BCUT2D eigenvalue weighted by molar-refractivity contribution is 5.81. The van der Waals surface area contributed by atoms with Gasteiger partial charge in [0.1, 0.15) is 5.78 Å². The van der Waals surface area contributed by atoms with E-state index in [2.05, 4.69) is 6.92 Å². The van der Waals surface area contributed by atoms with Crippen molar-refractivity contribution in [1.82, 2.24) is 0 Å². The Morgan fingerprint density at radius 3 is 2.54 bits per heavy atom. The molecule has 1 nitrogen and oxygen atoms in total. The van der Waals surface area contributed by atoms with Crippen molar-refractivity contribution in [2.24, 2.45) is 29.6 Å². The first kappa shape index (κ1) is 8.02. The Labute approximate surface area is 79.9 Å². The summed E-state index contributed by atoms with van der Waals surface area (Å²) in [5.41, 5.74) is 0. The Hall–Kier alpha value is -0.330. The predicted molar refractivity (Wildman–Crippen MR) is 51.2 cm³/mol. The van der Waals surface area contributed by atoms with Crippen molar-refractivity contribution in [3.05, 3.63) is 0 Å². The summed E-state index contributed by atoms with van der Waals surface area (Å²) in [6.45, 7) is 2.13. The van der Waals surface area contributed by atoms with Crippen molar-refractivity contribution in [3.8, 4) is 0 Å². The highest BCUT2D eigenvalue weighted by Crippen LogP contribution is 2.57. The maximum absolute atomic E-state index is 11.6. The first-order valence-corrected chi connectivity index (χ1v) is 5.78. The van der Waals surface area contributed by atoms with E-state index >= 15 is 0 Å². The van der Waals surface area contributed by atoms with Gasteiger partial charge in [-0.1, -0.05) is 6.92 Å². The lowest BCUT2D eigenvalue weighted by atomic mass is 9.67. The number of carbonyl (C=O) groups is 1. The Morgan fingerprint density at radius 2 is 1.77 bits per heavy atom. The van der Waals surface area contributed by atoms with Gasteiger partial charge in [0.25, 0.3) is 0 Å². The normalized spacial score (nSPS) is 53.9. The Kier molecular flexibility index (Phi) is 1.59. The van der Waals surface area contributed by atoms with Gasteiger partial charge >= 0.3 is 0 Å². The van der Waals surface area contributed by atoms with Gasteiger partial charge < -0.3 is 0 Å². The quantitative estimate of drug-likeness (QED) is 0.557. The monoisotopic (exact) mass is 178 g/mol. The zero-order chi connectivity index (χ0) is 9.00. The standard InChI is InChI=1S/C12H18O/c1-7-4-10-8-2-3-9(5-8)11(10)6-12(7)13/h7-11H,2-6H2,1H3/t7-,8+,9-,10+,11-/m0/s1. The van der Waals surface area contributed by atoms with Crippen LogP contribution in [-0.4, -0.2) is 5.78 Å². The van der Waals surface area contributed by atoms with Crippen LogP contribution in [0.5, 0.6) is 0 Å². The number of rotatable bonds is 0. The van der Waals surface area contributed by atoms with E-state index in [1.807, 2.05) is 0 Å². The molecule has 0 saturated heterocycles. The van der Waals surface area contributed by atoms with Gasteiger partial charge in [0.15, 0.2) is 0 Å². The van der Waals surface area contributed by atoms with E-state index in [0.717, 1.165) is 30.1 Å². The van der Waals surface area contributed by atoms with E-state index in [9.17, 15) is 4.79 Å². The van der Waals surface area contributed by atoms with E-state index in [1.54, 1.807) is 0 Å². The summed E-state index contributed by atoms with van der Waals surface area (Å²) < 4.78 is 0. The molecule has 0 radical (unpaired) electrons. The second-order valence-electron chi connectivity index (χ2n) is 5.47. The molecule has 13 heavy (non-hydrogen) atoms. The number of carbonyl (C=O) groups excluding carboxylic acids is 1. The second-order valence-corrected chi connectivity index (χ2v) is 5.47. The minimum atomic E-state index is 0.376. The molecule has 3 aliphatic carbocycles. The Balaban J connectivity index is 1.84. The van der Waals surface area contributed by atoms with Gasteiger partial charge in [0.05, 0.1) is 0 Å². The molecule has 0 aliphatic heterocycles. The van der Waals surface area contributed by atoms with Gasteiger partial charge in [0.2, 0.25) is 0 Å². The molecule has 3 aliphatic rings. The van der Waals surface area contributed by atoms with Gasteiger partial charge in [-0.2, -0.15) is 0 Å². The summed E-state index contributed by atoms with van der Waals surface area (Å²) in [5.74, 6) is 4.61. The fourth-order valence-corrected chi connectivity index (χ4v) is 4.19. The van der Waals surface area contributed by atoms with Crippen molar-refractivity contribution >= 4 is 5.78 Å². The van der Waals surface area contributed by atoms with Crippen LogP contribution >= 0.6 is 0 Å². The summed E-state index contributed by atoms with van der Waals surface area (Å²) in [6, 6.07) is 0. The van der Waals surface area contributed by atoms with Gasteiger partial charge in [0, 0.05) is 12.3 Å². The Bertz CT molecular complexity index is 246. The number of ketones is 1. The number of hydrogen-bond acceptors (Lipinski definition) is 1. The third-order valence-electron chi connectivity index (χ3n) is 4.89. The molecule has 2 bridgehead atoms. The summed E-state index contributed by atoms with van der Waals surface area (Å²) in [6.07, 6.45) is 6.48. The van der Waals surface area contributed by atoms with E-state index in [1.165, 1.54) is 25.7 Å². The molecule has 0 unspecified atom stereocenters. The molecule has 1 heteroatoms. The van der Waals surface area contributed by atoms with E-state index < -0.39 is 0 Å². The molecule has 72 valence electrons. The zero-order valence-electron chi connectivity index (χ0n) is 8.33. The highest BCUT2D eigenvalue weighted by Gasteiger charge is 2.50. The molecule has 3 rings (SSSR count). The van der Waals surface area contributed by atoms with E-state index in [-0.39, 0.29) is 0 Å². The highest BCUT2D eigenvalue weighted by atomic mass is 16.1. The Morgan fingerprint density at radius 1 is 1.08 bits per heavy atom. The molecular weight excluding hydrogens is 160 g/mol. The van der Waals surface area contributed by atoms with Crippen molar-refractivity contribution in [2.75, 3.05) is 0 Å². The van der Waals surface area contributed by atoms with Crippen molar-refractivity contribution in [1.29, 1.82) is 0 Å². The summed E-state index contributed by atoms with van der Waals surface area (Å²) in [7, 11) is 0. The van der Waals surface area contributed by atoms with Gasteiger partial charge in [-0.3, -0.25) is 4.79 Å².